The first-order chi connectivity index (χ1) is 7.71. The Kier molecular flexibility index (Phi) is 2.60. The normalized spacial score (nSPS) is 32.8. The van der Waals surface area contributed by atoms with Gasteiger partial charge in [0, 0.05) is 22.5 Å². The van der Waals surface area contributed by atoms with E-state index in [-0.39, 0.29) is 0 Å². The molecule has 2 aliphatic rings. The molecule has 2 fully saturated rings. The zero-order valence-electron chi connectivity index (χ0n) is 9.67. The molecule has 1 aromatic rings. The molecule has 0 spiro atoms. The Morgan fingerprint density at radius 1 is 1.31 bits per heavy atom. The fourth-order valence-corrected chi connectivity index (χ4v) is 2.90. The Bertz CT molecular complexity index is 382. The molecule has 1 nitrogen and oxygen atoms in total. The predicted molar refractivity (Wildman–Crippen MR) is 70.6 cm³/mol. The first-order valence-electron chi connectivity index (χ1n) is 6.20. The third-order valence-corrected chi connectivity index (χ3v) is 4.68. The van der Waals surface area contributed by atoms with Crippen LogP contribution in [0, 0.1) is 5.92 Å². The van der Waals surface area contributed by atoms with Crippen LogP contribution in [0.4, 0.5) is 0 Å². The molecule has 0 radical (unpaired) electrons. The van der Waals surface area contributed by atoms with Crippen molar-refractivity contribution in [3.63, 3.8) is 0 Å². The second kappa shape index (κ2) is 3.85. The van der Waals surface area contributed by atoms with Crippen molar-refractivity contribution in [3.05, 3.63) is 34.3 Å². The Hall–Kier alpha value is -0.340. The van der Waals surface area contributed by atoms with E-state index in [1.165, 1.54) is 35.8 Å². The lowest BCUT2D eigenvalue weighted by Gasteiger charge is -2.18. The number of benzene rings is 1. The number of rotatable bonds is 4. The summed E-state index contributed by atoms with van der Waals surface area (Å²) >= 11 is 3.50. The van der Waals surface area contributed by atoms with E-state index < -0.39 is 0 Å². The van der Waals surface area contributed by atoms with Gasteiger partial charge in [-0.2, -0.15) is 0 Å². The highest BCUT2D eigenvalue weighted by Gasteiger charge is 2.52. The van der Waals surface area contributed by atoms with Crippen molar-refractivity contribution in [1.82, 2.24) is 5.32 Å². The summed E-state index contributed by atoms with van der Waals surface area (Å²) in [6.07, 6.45) is 4.10. The maximum absolute atomic E-state index is 3.69. The predicted octanol–water partition coefficient (Wildman–Crippen LogP) is 3.48. The van der Waals surface area contributed by atoms with Crippen LogP contribution in [-0.2, 0) is 5.41 Å². The van der Waals surface area contributed by atoms with Gasteiger partial charge in [-0.15, -0.1) is 0 Å². The van der Waals surface area contributed by atoms with E-state index in [4.69, 9.17) is 0 Å². The lowest BCUT2D eigenvalue weighted by molar-refractivity contribution is 0.540. The highest BCUT2D eigenvalue weighted by molar-refractivity contribution is 9.10. The summed E-state index contributed by atoms with van der Waals surface area (Å²) in [5.74, 6) is 0.833. The van der Waals surface area contributed by atoms with E-state index in [9.17, 15) is 0 Å². The number of hydrogen-bond acceptors (Lipinski definition) is 1. The molecule has 2 unspecified atom stereocenters. The van der Waals surface area contributed by atoms with Gasteiger partial charge in [0.25, 0.3) is 0 Å². The molecule has 0 heterocycles. The Morgan fingerprint density at radius 2 is 1.94 bits per heavy atom. The van der Waals surface area contributed by atoms with E-state index in [0.29, 0.717) is 5.41 Å². The lowest BCUT2D eigenvalue weighted by atomic mass is 9.93. The van der Waals surface area contributed by atoms with Crippen LogP contribution in [-0.4, -0.2) is 12.6 Å². The molecule has 0 amide bonds. The number of nitrogens with one attached hydrogen (secondary N) is 1. The van der Waals surface area contributed by atoms with Gasteiger partial charge in [-0.3, -0.25) is 0 Å². The summed E-state index contributed by atoms with van der Waals surface area (Å²) in [5, 5.41) is 3.69. The van der Waals surface area contributed by atoms with Gasteiger partial charge >= 0.3 is 0 Å². The zero-order valence-corrected chi connectivity index (χ0v) is 11.3. The van der Waals surface area contributed by atoms with Crippen molar-refractivity contribution < 1.29 is 0 Å². The first kappa shape index (κ1) is 10.8. The van der Waals surface area contributed by atoms with Gasteiger partial charge in [0.2, 0.25) is 0 Å². The van der Waals surface area contributed by atoms with Gasteiger partial charge in [0.1, 0.15) is 0 Å². The van der Waals surface area contributed by atoms with Crippen LogP contribution in [0.15, 0.2) is 28.7 Å². The van der Waals surface area contributed by atoms with Crippen LogP contribution in [0.25, 0.3) is 0 Å². The minimum atomic E-state index is 0.434. The Morgan fingerprint density at radius 3 is 2.44 bits per heavy atom. The first-order valence-corrected chi connectivity index (χ1v) is 6.99. The van der Waals surface area contributed by atoms with E-state index in [1.807, 2.05) is 0 Å². The summed E-state index contributed by atoms with van der Waals surface area (Å²) in [6, 6.07) is 9.71. The molecular formula is C14H18BrN. The van der Waals surface area contributed by atoms with E-state index in [0.717, 1.165) is 12.0 Å². The molecular weight excluding hydrogens is 262 g/mol. The molecule has 1 aromatic carbocycles. The molecule has 0 aromatic heterocycles. The van der Waals surface area contributed by atoms with E-state index in [2.05, 4.69) is 52.4 Å². The summed E-state index contributed by atoms with van der Waals surface area (Å²) in [4.78, 5) is 0. The van der Waals surface area contributed by atoms with Crippen LogP contribution < -0.4 is 5.32 Å². The molecule has 86 valence electrons. The van der Waals surface area contributed by atoms with Gasteiger partial charge < -0.3 is 5.32 Å². The van der Waals surface area contributed by atoms with E-state index in [1.54, 1.807) is 0 Å². The molecule has 2 atom stereocenters. The second-order valence-corrected chi connectivity index (χ2v) is 6.34. The highest BCUT2D eigenvalue weighted by atomic mass is 79.9. The van der Waals surface area contributed by atoms with Crippen molar-refractivity contribution in [2.75, 3.05) is 6.54 Å². The second-order valence-electron chi connectivity index (χ2n) is 5.42. The molecule has 1 N–H and O–H groups in total. The Balaban J connectivity index is 1.76. The molecule has 0 aliphatic heterocycles. The number of halogens is 1. The van der Waals surface area contributed by atoms with Crippen molar-refractivity contribution in [2.24, 2.45) is 5.92 Å². The smallest absolute Gasteiger partial charge is 0.0175 e. The lowest BCUT2D eigenvalue weighted by Crippen LogP contribution is -2.29. The Labute approximate surface area is 106 Å². The van der Waals surface area contributed by atoms with Gasteiger partial charge in [-0.05, 0) is 42.9 Å². The number of hydrogen-bond donors (Lipinski definition) is 1. The largest absolute Gasteiger partial charge is 0.313 e. The average Bonchev–Trinajstić information content (AvgIpc) is 3.15. The third-order valence-electron chi connectivity index (χ3n) is 4.16. The van der Waals surface area contributed by atoms with Crippen LogP contribution in [0.1, 0.15) is 31.7 Å². The van der Waals surface area contributed by atoms with Crippen molar-refractivity contribution >= 4 is 15.9 Å². The van der Waals surface area contributed by atoms with Gasteiger partial charge in [-0.25, -0.2) is 0 Å². The molecule has 2 heteroatoms. The standard InChI is InChI=1S/C14H18BrN/c1-10-8-14(10,9-16-13-6-7-13)11-2-4-12(15)5-3-11/h2-5,10,13,16H,6-9H2,1H3. The highest BCUT2D eigenvalue weighted by Crippen LogP contribution is 2.53. The molecule has 3 rings (SSSR count). The summed E-state index contributed by atoms with van der Waals surface area (Å²) in [7, 11) is 0. The average molecular weight is 280 g/mol. The van der Waals surface area contributed by atoms with Crippen molar-refractivity contribution in [2.45, 2.75) is 37.6 Å². The van der Waals surface area contributed by atoms with Crippen LogP contribution in [0.3, 0.4) is 0 Å². The quantitative estimate of drug-likeness (QED) is 0.890. The molecule has 0 saturated heterocycles. The molecule has 0 bridgehead atoms. The topological polar surface area (TPSA) is 12.0 Å². The van der Waals surface area contributed by atoms with Crippen molar-refractivity contribution in [1.29, 1.82) is 0 Å². The monoisotopic (exact) mass is 279 g/mol. The molecule has 2 aliphatic carbocycles. The molecule has 16 heavy (non-hydrogen) atoms. The zero-order chi connectivity index (χ0) is 11.2. The maximum atomic E-state index is 3.69. The third kappa shape index (κ3) is 1.93. The minimum absolute atomic E-state index is 0.434. The van der Waals surface area contributed by atoms with E-state index >= 15 is 0 Å². The van der Waals surface area contributed by atoms with Crippen LogP contribution in [0.2, 0.25) is 0 Å². The van der Waals surface area contributed by atoms with Gasteiger partial charge in [0.05, 0.1) is 0 Å². The van der Waals surface area contributed by atoms with Crippen LogP contribution in [0.5, 0.6) is 0 Å². The SMILES string of the molecule is CC1CC1(CNC1CC1)c1ccc(Br)cc1. The van der Waals surface area contributed by atoms with Crippen LogP contribution >= 0.6 is 15.9 Å². The van der Waals surface area contributed by atoms with Crippen molar-refractivity contribution in [3.8, 4) is 0 Å². The minimum Gasteiger partial charge on any atom is -0.313 e. The maximum Gasteiger partial charge on any atom is 0.0175 e. The fourth-order valence-electron chi connectivity index (χ4n) is 2.63. The van der Waals surface area contributed by atoms with Gasteiger partial charge in [0.15, 0.2) is 0 Å². The molecule has 2 saturated carbocycles. The summed E-state index contributed by atoms with van der Waals surface area (Å²) in [6.45, 7) is 3.54. The fraction of sp³-hybridized carbons (Fsp3) is 0.571. The van der Waals surface area contributed by atoms with Gasteiger partial charge in [-0.1, -0.05) is 35.0 Å². The summed E-state index contributed by atoms with van der Waals surface area (Å²) in [5.41, 5.74) is 1.94. The summed E-state index contributed by atoms with van der Waals surface area (Å²) < 4.78 is 1.18.